The second-order valence-electron chi connectivity index (χ2n) is 2.96. The quantitative estimate of drug-likeness (QED) is 0.367. The number of ether oxygens (including phenoxy) is 1. The highest BCUT2D eigenvalue weighted by Crippen LogP contribution is 2.27. The molecule has 0 aromatic carbocycles. The molecular formula is C7H15NO4. The van der Waals surface area contributed by atoms with E-state index < -0.39 is 12.5 Å². The van der Waals surface area contributed by atoms with Gasteiger partial charge in [0.1, 0.15) is 24.8 Å². The Morgan fingerprint density at radius 3 is 2.08 bits per heavy atom. The van der Waals surface area contributed by atoms with Gasteiger partial charge < -0.3 is 20.1 Å². The largest absolute Gasteiger partial charge is 0.394 e. The first-order chi connectivity index (χ1) is 5.57. The summed E-state index contributed by atoms with van der Waals surface area (Å²) in [6.07, 6.45) is -2.16. The van der Waals surface area contributed by atoms with Crippen LogP contribution in [0.4, 0.5) is 0 Å². The summed E-state index contributed by atoms with van der Waals surface area (Å²) < 4.78 is 5.01. The summed E-state index contributed by atoms with van der Waals surface area (Å²) in [4.78, 5) is 1.39. The maximum Gasteiger partial charge on any atom is 0.144 e. The van der Waals surface area contributed by atoms with E-state index in [-0.39, 0.29) is 18.9 Å². The Kier molecular flexibility index (Phi) is 3.03. The normalized spacial score (nSPS) is 33.5. The van der Waals surface area contributed by atoms with Gasteiger partial charge in [0.15, 0.2) is 0 Å². The smallest absolute Gasteiger partial charge is 0.144 e. The maximum absolute atomic E-state index is 9.21. The summed E-state index contributed by atoms with van der Waals surface area (Å²) in [5.74, 6) is 0. The van der Waals surface area contributed by atoms with Crippen LogP contribution in [0.3, 0.4) is 0 Å². The Hall–Kier alpha value is -0.200. The monoisotopic (exact) mass is 177 g/mol. The molecule has 1 aliphatic rings. The number of epoxide rings is 1. The third-order valence-corrected chi connectivity index (χ3v) is 1.89. The molecule has 0 aromatic heterocycles. The summed E-state index contributed by atoms with van der Waals surface area (Å²) in [5, 5.41) is 27.1. The van der Waals surface area contributed by atoms with Gasteiger partial charge in [0.05, 0.1) is 6.61 Å². The fourth-order valence-electron chi connectivity index (χ4n) is 1.27. The van der Waals surface area contributed by atoms with Crippen molar-refractivity contribution >= 4 is 0 Å². The third kappa shape index (κ3) is 1.94. The van der Waals surface area contributed by atoms with Crippen molar-refractivity contribution in [1.29, 1.82) is 0 Å². The highest BCUT2D eigenvalue weighted by molar-refractivity contribution is 4.85. The lowest BCUT2D eigenvalue weighted by atomic mass is 10.3. The predicted octanol–water partition coefficient (Wildman–Crippen LogP) is -1.32. The Balaban J connectivity index is 2.45. The zero-order valence-electron chi connectivity index (χ0n) is 7.21. The molecule has 0 bridgehead atoms. The number of rotatable bonds is 4. The average molecular weight is 177 g/mol. The lowest BCUT2D eigenvalue weighted by Crippen LogP contribution is -2.43. The number of hydrogen-bond acceptors (Lipinski definition) is 5. The Morgan fingerprint density at radius 1 is 1.33 bits per heavy atom. The first-order valence-corrected chi connectivity index (χ1v) is 3.97. The summed E-state index contributed by atoms with van der Waals surface area (Å²) in [7, 11) is 0. The van der Waals surface area contributed by atoms with Gasteiger partial charge >= 0.3 is 0 Å². The van der Waals surface area contributed by atoms with Gasteiger partial charge in [0, 0.05) is 0 Å². The van der Waals surface area contributed by atoms with Crippen molar-refractivity contribution in [2.45, 2.75) is 38.6 Å². The molecule has 1 aliphatic heterocycles. The molecule has 1 heterocycles. The van der Waals surface area contributed by atoms with Crippen molar-refractivity contribution in [2.75, 3.05) is 6.61 Å². The van der Waals surface area contributed by atoms with E-state index in [0.717, 1.165) is 0 Å². The molecule has 72 valence electrons. The van der Waals surface area contributed by atoms with Gasteiger partial charge in [-0.1, -0.05) is 0 Å². The molecule has 0 aromatic rings. The number of aliphatic hydroxyl groups excluding tert-OH is 3. The van der Waals surface area contributed by atoms with Crippen molar-refractivity contribution in [3.63, 3.8) is 0 Å². The molecule has 5 heteroatoms. The molecule has 3 N–H and O–H groups in total. The van der Waals surface area contributed by atoms with Crippen LogP contribution in [-0.2, 0) is 4.74 Å². The van der Waals surface area contributed by atoms with Crippen LogP contribution in [0.5, 0.6) is 0 Å². The number of aliphatic hydroxyl groups is 3. The minimum Gasteiger partial charge on any atom is -0.394 e. The Labute approximate surface area is 71.2 Å². The molecule has 0 saturated carbocycles. The summed E-state index contributed by atoms with van der Waals surface area (Å²) in [6.45, 7) is 3.01. The molecule has 0 amide bonds. The van der Waals surface area contributed by atoms with Gasteiger partial charge in [-0.15, -0.1) is 0 Å². The lowest BCUT2D eigenvalue weighted by molar-refractivity contribution is -0.107. The van der Waals surface area contributed by atoms with Crippen LogP contribution in [0.15, 0.2) is 0 Å². The molecule has 1 rings (SSSR count). The van der Waals surface area contributed by atoms with E-state index in [4.69, 9.17) is 9.84 Å². The van der Waals surface area contributed by atoms with Gasteiger partial charge in [0.2, 0.25) is 0 Å². The molecule has 0 aliphatic carbocycles. The van der Waals surface area contributed by atoms with E-state index in [1.54, 1.807) is 13.8 Å². The molecule has 4 atom stereocenters. The maximum atomic E-state index is 9.21. The minimum atomic E-state index is -0.772. The summed E-state index contributed by atoms with van der Waals surface area (Å²) >= 11 is 0. The SMILES string of the molecule is CC(O)N(C(C)O)C1OC1CO. The molecule has 0 radical (unpaired) electrons. The first kappa shape index (κ1) is 9.88. The summed E-state index contributed by atoms with van der Waals surface area (Å²) in [6, 6.07) is 0. The fraction of sp³-hybridized carbons (Fsp3) is 1.00. The zero-order chi connectivity index (χ0) is 9.30. The molecule has 5 nitrogen and oxygen atoms in total. The molecule has 1 saturated heterocycles. The van der Waals surface area contributed by atoms with Crippen molar-refractivity contribution in [2.24, 2.45) is 0 Å². The van der Waals surface area contributed by atoms with Crippen LogP contribution in [-0.4, -0.2) is 51.6 Å². The van der Waals surface area contributed by atoms with Gasteiger partial charge in [-0.05, 0) is 13.8 Å². The Bertz CT molecular complexity index is 142. The van der Waals surface area contributed by atoms with Crippen LogP contribution in [0.2, 0.25) is 0 Å². The van der Waals surface area contributed by atoms with Crippen LogP contribution < -0.4 is 0 Å². The van der Waals surface area contributed by atoms with E-state index in [1.165, 1.54) is 4.90 Å². The van der Waals surface area contributed by atoms with E-state index in [9.17, 15) is 10.2 Å². The highest BCUT2D eigenvalue weighted by atomic mass is 16.6. The number of hydrogen-bond donors (Lipinski definition) is 3. The lowest BCUT2D eigenvalue weighted by Gasteiger charge is -2.26. The van der Waals surface area contributed by atoms with E-state index >= 15 is 0 Å². The standard InChI is InChI=1S/C7H15NO4/c1-4(10)8(5(2)11)7-6(3-9)12-7/h4-7,9-11H,3H2,1-2H3. The molecule has 4 unspecified atom stereocenters. The fourth-order valence-corrected chi connectivity index (χ4v) is 1.27. The second-order valence-corrected chi connectivity index (χ2v) is 2.96. The Morgan fingerprint density at radius 2 is 1.83 bits per heavy atom. The number of nitrogens with zero attached hydrogens (tertiary/aromatic N) is 1. The second kappa shape index (κ2) is 3.68. The van der Waals surface area contributed by atoms with Gasteiger partial charge in [-0.3, -0.25) is 0 Å². The van der Waals surface area contributed by atoms with Crippen molar-refractivity contribution < 1.29 is 20.1 Å². The van der Waals surface area contributed by atoms with Crippen LogP contribution >= 0.6 is 0 Å². The summed E-state index contributed by atoms with van der Waals surface area (Å²) in [5.41, 5.74) is 0. The van der Waals surface area contributed by atoms with Crippen molar-refractivity contribution in [3.8, 4) is 0 Å². The zero-order valence-corrected chi connectivity index (χ0v) is 7.21. The van der Waals surface area contributed by atoms with E-state index in [1.807, 2.05) is 0 Å². The van der Waals surface area contributed by atoms with Gasteiger partial charge in [-0.25, -0.2) is 4.90 Å². The average Bonchev–Trinajstić information content (AvgIpc) is 2.65. The van der Waals surface area contributed by atoms with E-state index in [0.29, 0.717) is 0 Å². The van der Waals surface area contributed by atoms with Crippen molar-refractivity contribution in [3.05, 3.63) is 0 Å². The molecule has 12 heavy (non-hydrogen) atoms. The van der Waals surface area contributed by atoms with Crippen LogP contribution in [0.1, 0.15) is 13.8 Å². The predicted molar refractivity (Wildman–Crippen MR) is 40.9 cm³/mol. The molecular weight excluding hydrogens is 162 g/mol. The first-order valence-electron chi connectivity index (χ1n) is 3.97. The van der Waals surface area contributed by atoms with Crippen LogP contribution in [0, 0.1) is 0 Å². The molecule has 0 spiro atoms. The van der Waals surface area contributed by atoms with E-state index in [2.05, 4.69) is 0 Å². The highest BCUT2D eigenvalue weighted by Gasteiger charge is 2.46. The minimum absolute atomic E-state index is 0.0827. The molecule has 1 fully saturated rings. The topological polar surface area (TPSA) is 76.5 Å². The van der Waals surface area contributed by atoms with Gasteiger partial charge in [0.25, 0.3) is 0 Å². The van der Waals surface area contributed by atoms with Gasteiger partial charge in [-0.2, -0.15) is 0 Å². The third-order valence-electron chi connectivity index (χ3n) is 1.89. The van der Waals surface area contributed by atoms with Crippen molar-refractivity contribution in [1.82, 2.24) is 4.90 Å². The van der Waals surface area contributed by atoms with Crippen LogP contribution in [0.25, 0.3) is 0 Å².